The predicted octanol–water partition coefficient (Wildman–Crippen LogP) is -3.41. The second kappa shape index (κ2) is 7.94. The number of benzene rings is 1. The molecular weight excluding hydrogens is 231 g/mol. The molecule has 0 unspecified atom stereocenters. The number of hydrogen-bond donors (Lipinski definition) is 1. The minimum Gasteiger partial charge on any atom is -1.00 e. The van der Waals surface area contributed by atoms with Gasteiger partial charge in [0.05, 0.1) is 21.1 Å². The van der Waals surface area contributed by atoms with Crippen LogP contribution in [0.15, 0.2) is 24.3 Å². The molecule has 15 heavy (non-hydrogen) atoms. The Morgan fingerprint density at radius 1 is 0.933 bits per heavy atom. The van der Waals surface area contributed by atoms with Crippen LogP contribution in [0.5, 0.6) is 0 Å². The van der Waals surface area contributed by atoms with Crippen LogP contribution in [0.1, 0.15) is 11.1 Å². The van der Waals surface area contributed by atoms with Gasteiger partial charge in [-0.2, -0.15) is 0 Å². The molecule has 0 atom stereocenters. The van der Waals surface area contributed by atoms with Crippen LogP contribution in [0.2, 0.25) is 0 Å². The third-order valence-corrected chi connectivity index (χ3v) is 1.78. The van der Waals surface area contributed by atoms with Crippen LogP contribution in [0, 0.1) is 6.92 Å². The van der Waals surface area contributed by atoms with Gasteiger partial charge in [0.2, 0.25) is 0 Å². The molecule has 90 valence electrons. The second-order valence-electron chi connectivity index (χ2n) is 4.43. The summed E-state index contributed by atoms with van der Waals surface area (Å²) in [7, 11) is 6.62. The molecule has 0 aliphatic carbocycles. The lowest BCUT2D eigenvalue weighted by atomic mass is 10.1. The summed E-state index contributed by atoms with van der Waals surface area (Å²) >= 11 is 0. The molecule has 0 aliphatic heterocycles. The number of hydrogen-bond acceptors (Lipinski definition) is 0. The van der Waals surface area contributed by atoms with Crippen molar-refractivity contribution in [3.05, 3.63) is 35.4 Å². The van der Waals surface area contributed by atoms with Crippen molar-refractivity contribution in [3.63, 3.8) is 0 Å². The smallest absolute Gasteiger partial charge is 0.104 e. The largest absolute Gasteiger partial charge is 1.00 e. The molecule has 0 radical (unpaired) electrons. The Morgan fingerprint density at radius 2 is 1.33 bits per heavy atom. The molecule has 0 spiro atoms. The molecule has 0 amide bonds. The average Bonchev–Trinajstić information content (AvgIpc) is 1.91. The Bertz CT molecular complexity index is 252. The van der Waals surface area contributed by atoms with Crippen LogP contribution in [0.3, 0.4) is 0 Å². The summed E-state index contributed by atoms with van der Waals surface area (Å²) in [6, 6.07) is 8.76. The van der Waals surface area contributed by atoms with Crippen molar-refractivity contribution in [1.29, 1.82) is 0 Å². The highest BCUT2D eigenvalue weighted by Crippen LogP contribution is 2.07. The summed E-state index contributed by atoms with van der Waals surface area (Å²) in [5.41, 5.74) is 2.74. The Balaban J connectivity index is -0.000000480. The average molecular weight is 253 g/mol. The van der Waals surface area contributed by atoms with E-state index in [9.17, 15) is 0 Å². The van der Waals surface area contributed by atoms with Crippen molar-refractivity contribution in [2.24, 2.45) is 0 Å². The number of rotatable bonds is 2. The Hall–Kier alpha value is -0.280. The topological polar surface area (TPSA) is 36.5 Å². The van der Waals surface area contributed by atoms with Crippen LogP contribution in [0.4, 0.5) is 0 Å². The van der Waals surface area contributed by atoms with Crippen molar-refractivity contribution in [2.75, 3.05) is 21.1 Å². The maximum atomic E-state index is 2.21. The molecule has 0 aromatic heterocycles. The van der Waals surface area contributed by atoms with Crippen LogP contribution in [-0.4, -0.2) is 25.6 Å². The quantitative estimate of drug-likeness (QED) is 0.533. The lowest BCUT2D eigenvalue weighted by Gasteiger charge is -2.23. The van der Waals surface area contributed by atoms with Crippen LogP contribution in [-0.2, 0) is 6.54 Å². The van der Waals surface area contributed by atoms with Gasteiger partial charge >= 0.3 is 0 Å². The fourth-order valence-corrected chi connectivity index (χ4v) is 1.24. The van der Waals surface area contributed by atoms with Crippen LogP contribution in [0.25, 0.3) is 0 Å². The first-order valence-corrected chi connectivity index (χ1v) is 4.33. The Morgan fingerprint density at radius 3 is 1.67 bits per heavy atom. The number of aryl methyl sites for hydroxylation is 1. The molecule has 2 nitrogen and oxygen atoms in total. The first-order valence-electron chi connectivity index (χ1n) is 4.33. The monoisotopic (exact) mass is 252 g/mol. The number of halogens is 2. The van der Waals surface area contributed by atoms with Gasteiger partial charge in [0, 0.05) is 5.56 Å². The van der Waals surface area contributed by atoms with Gasteiger partial charge in [0.25, 0.3) is 0 Å². The maximum Gasteiger partial charge on any atom is 0.104 e. The lowest BCUT2D eigenvalue weighted by Crippen LogP contribution is -3.00. The van der Waals surface area contributed by atoms with E-state index in [1.54, 1.807) is 0 Å². The predicted molar refractivity (Wildman–Crippen MR) is 58.9 cm³/mol. The second-order valence-corrected chi connectivity index (χ2v) is 4.43. The summed E-state index contributed by atoms with van der Waals surface area (Å²) in [6.45, 7) is 3.22. The lowest BCUT2D eigenvalue weighted by molar-refractivity contribution is -0.884. The zero-order chi connectivity index (χ0) is 9.19. The highest BCUT2D eigenvalue weighted by Gasteiger charge is 2.07. The molecule has 0 heterocycles. The normalized spacial score (nSPS) is 9.33. The highest BCUT2D eigenvalue weighted by molar-refractivity contribution is 5.20. The zero-order valence-corrected chi connectivity index (χ0v) is 11.7. The van der Waals surface area contributed by atoms with E-state index in [0.29, 0.717) is 0 Å². The first kappa shape index (κ1) is 20.2. The standard InChI is InChI=1S/C11H18N.2ClH.H3N/c1-10-5-7-11(8-6-10)9-12(2,3)4;;;/h5-8H,9H2,1-4H3;2*1H;1H3/q+1;;;/p-1. The van der Waals surface area contributed by atoms with Gasteiger partial charge in [-0.15, -0.1) is 0 Å². The molecule has 1 rings (SSSR count). The van der Waals surface area contributed by atoms with Crippen LogP contribution < -0.4 is 31.0 Å². The fourth-order valence-electron chi connectivity index (χ4n) is 1.24. The minimum atomic E-state index is 0. The molecule has 4 N–H and O–H groups in total. The Labute approximate surface area is 106 Å². The van der Waals surface area contributed by atoms with E-state index in [0.717, 1.165) is 11.0 Å². The van der Waals surface area contributed by atoms with E-state index in [1.165, 1.54) is 11.1 Å². The van der Waals surface area contributed by atoms with Gasteiger partial charge in [-0.3, -0.25) is 0 Å². The van der Waals surface area contributed by atoms with E-state index >= 15 is 0 Å². The van der Waals surface area contributed by atoms with Crippen molar-refractivity contribution >= 4 is 0 Å². The number of quaternary nitrogens is 2. The van der Waals surface area contributed by atoms with Gasteiger partial charge in [-0.1, -0.05) is 29.8 Å². The van der Waals surface area contributed by atoms with Gasteiger partial charge in [0.15, 0.2) is 0 Å². The van der Waals surface area contributed by atoms with E-state index in [-0.39, 0.29) is 31.0 Å². The molecule has 0 aliphatic rings. The highest BCUT2D eigenvalue weighted by atomic mass is 35.5. The van der Waals surface area contributed by atoms with Crippen molar-refractivity contribution in [2.45, 2.75) is 13.5 Å². The minimum absolute atomic E-state index is 0. The van der Waals surface area contributed by atoms with Gasteiger partial charge < -0.3 is 35.4 Å². The molecule has 1 aromatic carbocycles. The molecule has 0 fully saturated rings. The zero-order valence-electron chi connectivity index (χ0n) is 10.2. The van der Waals surface area contributed by atoms with E-state index in [1.807, 2.05) is 0 Å². The molecule has 0 saturated heterocycles. The van der Waals surface area contributed by atoms with Gasteiger partial charge in [-0.25, -0.2) is 0 Å². The Kier molecular flexibility index (Phi) is 10.7. The van der Waals surface area contributed by atoms with E-state index in [2.05, 4.69) is 52.3 Å². The van der Waals surface area contributed by atoms with Gasteiger partial charge in [-0.05, 0) is 6.92 Å². The summed E-state index contributed by atoms with van der Waals surface area (Å²) in [6.07, 6.45) is 0. The summed E-state index contributed by atoms with van der Waals surface area (Å²) in [5, 5.41) is 0. The maximum absolute atomic E-state index is 2.21. The SMILES string of the molecule is Cc1ccc(C[N+](C)(C)C)cc1.[Cl-].[Cl-].[NH4+]. The summed E-state index contributed by atoms with van der Waals surface area (Å²) < 4.78 is 0.989. The van der Waals surface area contributed by atoms with E-state index < -0.39 is 0 Å². The third-order valence-electron chi connectivity index (χ3n) is 1.78. The molecule has 4 heteroatoms. The fraction of sp³-hybridized carbons (Fsp3) is 0.455. The third kappa shape index (κ3) is 8.70. The summed E-state index contributed by atoms with van der Waals surface area (Å²) in [4.78, 5) is 0. The van der Waals surface area contributed by atoms with E-state index in [4.69, 9.17) is 0 Å². The van der Waals surface area contributed by atoms with Gasteiger partial charge in [0.1, 0.15) is 6.54 Å². The van der Waals surface area contributed by atoms with Crippen molar-refractivity contribution in [3.8, 4) is 0 Å². The molecular formula is C11H22Cl2N2. The molecule has 0 bridgehead atoms. The first-order chi connectivity index (χ1) is 5.47. The molecule has 0 saturated carbocycles. The van der Waals surface area contributed by atoms with Crippen molar-refractivity contribution in [1.82, 2.24) is 6.15 Å². The molecule has 1 aromatic rings. The van der Waals surface area contributed by atoms with Crippen LogP contribution >= 0.6 is 0 Å². The summed E-state index contributed by atoms with van der Waals surface area (Å²) in [5.74, 6) is 0. The van der Waals surface area contributed by atoms with Crippen molar-refractivity contribution < 1.29 is 29.3 Å². The number of nitrogens with zero attached hydrogens (tertiary/aromatic N) is 1.